The molecule has 5 nitrogen and oxygen atoms in total. The maximum Gasteiger partial charge on any atom is 0.514 e. The summed E-state index contributed by atoms with van der Waals surface area (Å²) in [4.78, 5) is 25.9. The van der Waals surface area contributed by atoms with Gasteiger partial charge in [0, 0.05) is 6.61 Å². The minimum Gasteiger partial charge on any atom is -0.431 e. The first-order valence-electron chi connectivity index (χ1n) is 9.24. The lowest BCUT2D eigenvalue weighted by atomic mass is 10.1. The summed E-state index contributed by atoms with van der Waals surface area (Å²) in [5.74, 6) is -0.188. The fourth-order valence-corrected chi connectivity index (χ4v) is 4.50. The van der Waals surface area contributed by atoms with Gasteiger partial charge in [0.1, 0.15) is 11.9 Å². The van der Waals surface area contributed by atoms with Gasteiger partial charge in [-0.1, -0.05) is 60.7 Å². The van der Waals surface area contributed by atoms with Gasteiger partial charge in [-0.2, -0.15) is 0 Å². The number of Topliss-reactive ketones (excluding diaryl/α,β-unsaturated/α-hetero) is 1. The van der Waals surface area contributed by atoms with Crippen LogP contribution in [0.4, 0.5) is 4.79 Å². The maximum atomic E-state index is 13.0. The Labute approximate surface area is 167 Å². The monoisotopic (exact) mass is 396 g/mol. The van der Waals surface area contributed by atoms with E-state index in [0.717, 1.165) is 24.0 Å². The number of ketones is 1. The molecule has 2 heterocycles. The van der Waals surface area contributed by atoms with Crippen molar-refractivity contribution in [3.8, 4) is 0 Å². The van der Waals surface area contributed by atoms with Crippen molar-refractivity contribution < 1.29 is 23.8 Å². The average Bonchev–Trinajstić information content (AvgIpc) is 3.37. The lowest BCUT2D eigenvalue weighted by molar-refractivity contribution is -0.117. The first-order chi connectivity index (χ1) is 13.7. The SMILES string of the molecule is O=C(OCC1CCCO1)OC1=C(c2ccccc2)SC(c2ccccc2)C1=O. The molecule has 4 rings (SSSR count). The predicted octanol–water partition coefficient (Wildman–Crippen LogP) is 4.74. The summed E-state index contributed by atoms with van der Waals surface area (Å²) in [6.45, 7) is 0.816. The van der Waals surface area contributed by atoms with Crippen LogP contribution in [-0.2, 0) is 19.0 Å². The molecule has 0 aliphatic carbocycles. The largest absolute Gasteiger partial charge is 0.514 e. The van der Waals surface area contributed by atoms with E-state index in [9.17, 15) is 9.59 Å². The lowest BCUT2D eigenvalue weighted by Crippen LogP contribution is -2.20. The molecule has 0 saturated carbocycles. The Morgan fingerprint density at radius 1 is 1.07 bits per heavy atom. The Balaban J connectivity index is 1.54. The standard InChI is InChI=1S/C22H20O5S/c23-18-19(27-22(24)26-14-17-12-7-13-25-17)21(16-10-5-2-6-11-16)28-20(18)15-8-3-1-4-9-15/h1-6,8-11,17,20H,7,12-14H2. The molecule has 0 bridgehead atoms. The number of carbonyl (C=O) groups excluding carboxylic acids is 2. The highest BCUT2D eigenvalue weighted by molar-refractivity contribution is 8.09. The van der Waals surface area contributed by atoms with Gasteiger partial charge < -0.3 is 14.2 Å². The van der Waals surface area contributed by atoms with Gasteiger partial charge in [-0.05, 0) is 24.0 Å². The first-order valence-corrected chi connectivity index (χ1v) is 10.1. The van der Waals surface area contributed by atoms with Crippen molar-refractivity contribution in [3.05, 3.63) is 77.5 Å². The second-order valence-corrected chi connectivity index (χ2v) is 7.71. The maximum absolute atomic E-state index is 13.0. The summed E-state index contributed by atoms with van der Waals surface area (Å²) in [6, 6.07) is 18.9. The molecule has 0 N–H and O–H groups in total. The topological polar surface area (TPSA) is 61.8 Å². The highest BCUT2D eigenvalue weighted by Crippen LogP contribution is 2.50. The van der Waals surface area contributed by atoms with Crippen molar-refractivity contribution in [2.75, 3.05) is 13.2 Å². The predicted molar refractivity (Wildman–Crippen MR) is 107 cm³/mol. The van der Waals surface area contributed by atoms with Crippen LogP contribution < -0.4 is 0 Å². The van der Waals surface area contributed by atoms with Crippen LogP contribution >= 0.6 is 11.8 Å². The van der Waals surface area contributed by atoms with Crippen LogP contribution in [0.25, 0.3) is 4.91 Å². The molecule has 1 fully saturated rings. The second kappa shape index (κ2) is 8.63. The number of allylic oxidation sites excluding steroid dienone is 1. The fourth-order valence-electron chi connectivity index (χ4n) is 3.24. The molecule has 2 atom stereocenters. The van der Waals surface area contributed by atoms with E-state index >= 15 is 0 Å². The van der Waals surface area contributed by atoms with E-state index in [1.54, 1.807) is 0 Å². The van der Waals surface area contributed by atoms with Crippen molar-refractivity contribution in [1.82, 2.24) is 0 Å². The fraction of sp³-hybridized carbons (Fsp3) is 0.273. The molecule has 0 amide bonds. The van der Waals surface area contributed by atoms with Crippen LogP contribution in [0.5, 0.6) is 0 Å². The quantitative estimate of drug-likeness (QED) is 0.680. The molecule has 28 heavy (non-hydrogen) atoms. The number of thioether (sulfide) groups is 1. The molecule has 0 radical (unpaired) electrons. The Kier molecular flexibility index (Phi) is 5.78. The Morgan fingerprint density at radius 2 is 1.79 bits per heavy atom. The van der Waals surface area contributed by atoms with Crippen LogP contribution in [0.2, 0.25) is 0 Å². The van der Waals surface area contributed by atoms with E-state index in [1.165, 1.54) is 11.8 Å². The molecule has 0 aromatic heterocycles. The number of hydrogen-bond acceptors (Lipinski definition) is 6. The van der Waals surface area contributed by atoms with Crippen molar-refractivity contribution >= 4 is 28.6 Å². The van der Waals surface area contributed by atoms with Crippen molar-refractivity contribution in [2.45, 2.75) is 24.2 Å². The number of ether oxygens (including phenoxy) is 3. The summed E-state index contributed by atoms with van der Waals surface area (Å²) in [6.07, 6.45) is 0.846. The molecule has 1 saturated heterocycles. The third-order valence-electron chi connectivity index (χ3n) is 4.64. The highest BCUT2D eigenvalue weighted by Gasteiger charge is 2.38. The number of rotatable bonds is 5. The van der Waals surface area contributed by atoms with Gasteiger partial charge in [-0.3, -0.25) is 4.79 Å². The van der Waals surface area contributed by atoms with E-state index in [2.05, 4.69) is 0 Å². The van der Waals surface area contributed by atoms with Crippen molar-refractivity contribution in [3.63, 3.8) is 0 Å². The molecule has 2 unspecified atom stereocenters. The molecule has 2 aromatic rings. The Morgan fingerprint density at radius 3 is 2.46 bits per heavy atom. The van der Waals surface area contributed by atoms with E-state index in [-0.39, 0.29) is 24.3 Å². The minimum absolute atomic E-state index is 0.0439. The van der Waals surface area contributed by atoms with Gasteiger partial charge >= 0.3 is 6.16 Å². The molecule has 6 heteroatoms. The highest BCUT2D eigenvalue weighted by atomic mass is 32.2. The van der Waals surface area contributed by atoms with E-state index < -0.39 is 11.4 Å². The molecular weight excluding hydrogens is 376 g/mol. The van der Waals surface area contributed by atoms with Crippen LogP contribution in [-0.4, -0.2) is 31.3 Å². The third-order valence-corrected chi connectivity index (χ3v) is 6.02. The zero-order valence-corrected chi connectivity index (χ0v) is 16.0. The van der Waals surface area contributed by atoms with Crippen LogP contribution in [0.15, 0.2) is 66.4 Å². The Bertz CT molecular complexity index is 872. The summed E-state index contributed by atoms with van der Waals surface area (Å²) >= 11 is 1.39. The van der Waals surface area contributed by atoms with E-state index in [0.29, 0.717) is 11.5 Å². The number of hydrogen-bond donors (Lipinski definition) is 0. The van der Waals surface area contributed by atoms with Crippen LogP contribution in [0.3, 0.4) is 0 Å². The van der Waals surface area contributed by atoms with Crippen molar-refractivity contribution in [1.29, 1.82) is 0 Å². The van der Waals surface area contributed by atoms with Gasteiger partial charge in [0.05, 0.1) is 11.0 Å². The summed E-state index contributed by atoms with van der Waals surface area (Å²) in [5.41, 5.74) is 1.71. The summed E-state index contributed by atoms with van der Waals surface area (Å²) < 4.78 is 16.0. The molecule has 2 aromatic carbocycles. The van der Waals surface area contributed by atoms with Gasteiger partial charge in [0.15, 0.2) is 5.76 Å². The van der Waals surface area contributed by atoms with Gasteiger partial charge in [0.2, 0.25) is 5.78 Å². The number of benzene rings is 2. The molecule has 144 valence electrons. The average molecular weight is 396 g/mol. The smallest absolute Gasteiger partial charge is 0.431 e. The van der Waals surface area contributed by atoms with Crippen molar-refractivity contribution in [2.24, 2.45) is 0 Å². The summed E-state index contributed by atoms with van der Waals surface area (Å²) in [7, 11) is 0. The van der Waals surface area contributed by atoms with Gasteiger partial charge in [-0.15, -0.1) is 11.8 Å². The summed E-state index contributed by atoms with van der Waals surface area (Å²) in [5, 5.41) is -0.447. The molecule has 2 aliphatic rings. The molecular formula is C22H20O5S. The number of carbonyl (C=O) groups is 2. The molecule has 0 spiro atoms. The normalized spacial score (nSPS) is 21.8. The third kappa shape index (κ3) is 4.13. The van der Waals surface area contributed by atoms with Crippen LogP contribution in [0.1, 0.15) is 29.2 Å². The van der Waals surface area contributed by atoms with Gasteiger partial charge in [-0.25, -0.2) is 4.79 Å². The lowest BCUT2D eigenvalue weighted by Gasteiger charge is -2.11. The van der Waals surface area contributed by atoms with E-state index in [1.807, 2.05) is 60.7 Å². The molecule has 2 aliphatic heterocycles. The van der Waals surface area contributed by atoms with Gasteiger partial charge in [0.25, 0.3) is 0 Å². The van der Waals surface area contributed by atoms with E-state index in [4.69, 9.17) is 14.2 Å². The second-order valence-electron chi connectivity index (χ2n) is 6.60. The zero-order valence-electron chi connectivity index (χ0n) is 15.2. The van der Waals surface area contributed by atoms with Crippen LogP contribution in [0, 0.1) is 0 Å². The zero-order chi connectivity index (χ0) is 19.3. The Hall–Kier alpha value is -2.57. The first kappa shape index (κ1) is 18.8. The minimum atomic E-state index is -0.874.